The van der Waals surface area contributed by atoms with E-state index < -0.39 is 0 Å². The van der Waals surface area contributed by atoms with Crippen LogP contribution in [0.5, 0.6) is 5.75 Å². The number of rotatable bonds is 5. The lowest BCUT2D eigenvalue weighted by atomic mass is 9.85. The van der Waals surface area contributed by atoms with Crippen LogP contribution in [-0.2, 0) is 10.2 Å². The molecule has 0 bridgehead atoms. The summed E-state index contributed by atoms with van der Waals surface area (Å²) in [5.74, 6) is -0.209. The van der Waals surface area contributed by atoms with Crippen LogP contribution < -0.4 is 5.43 Å². The van der Waals surface area contributed by atoms with Gasteiger partial charge in [-0.2, -0.15) is 5.10 Å². The molecule has 1 amide bonds. The molecular weight excluding hydrogens is 416 g/mol. The van der Waals surface area contributed by atoms with E-state index >= 15 is 0 Å². The summed E-state index contributed by atoms with van der Waals surface area (Å²) in [7, 11) is 0. The Labute approximate surface area is 172 Å². The predicted molar refractivity (Wildman–Crippen MR) is 113 cm³/mol. The highest BCUT2D eigenvalue weighted by Crippen LogP contribution is 2.58. The average Bonchev–Trinajstić information content (AvgIpc) is 3.49. The molecule has 0 heterocycles. The summed E-state index contributed by atoms with van der Waals surface area (Å²) in [6.07, 6.45) is 2.19. The number of phenols is 1. The lowest BCUT2D eigenvalue weighted by Gasteiger charge is -2.18. The van der Waals surface area contributed by atoms with Crippen molar-refractivity contribution < 1.29 is 9.90 Å². The summed E-state index contributed by atoms with van der Waals surface area (Å²) >= 11 is 3.36. The minimum absolute atomic E-state index is 0.107. The van der Waals surface area contributed by atoms with Crippen LogP contribution >= 0.6 is 15.9 Å². The molecule has 3 aromatic rings. The van der Waals surface area contributed by atoms with Crippen LogP contribution in [0, 0.1) is 5.92 Å². The fourth-order valence-corrected chi connectivity index (χ4v) is 4.11. The molecule has 0 unspecified atom stereocenters. The van der Waals surface area contributed by atoms with Crippen molar-refractivity contribution in [2.45, 2.75) is 11.8 Å². The van der Waals surface area contributed by atoms with E-state index in [9.17, 15) is 9.90 Å². The third kappa shape index (κ3) is 3.45. The summed E-state index contributed by atoms with van der Waals surface area (Å²) in [6.45, 7) is 0. The molecule has 4 nitrogen and oxygen atoms in total. The van der Waals surface area contributed by atoms with E-state index in [0.29, 0.717) is 5.56 Å². The third-order valence-corrected chi connectivity index (χ3v) is 5.72. The highest BCUT2D eigenvalue weighted by molar-refractivity contribution is 9.10. The van der Waals surface area contributed by atoms with E-state index in [1.807, 2.05) is 36.4 Å². The van der Waals surface area contributed by atoms with Crippen molar-refractivity contribution in [3.63, 3.8) is 0 Å². The van der Waals surface area contributed by atoms with Gasteiger partial charge in [0.1, 0.15) is 5.75 Å². The number of phenolic OH excluding ortho intramolecular Hbond substituents is 1. The minimum atomic E-state index is -0.319. The number of halogens is 1. The van der Waals surface area contributed by atoms with Crippen LogP contribution in [0.4, 0.5) is 0 Å². The summed E-state index contributed by atoms with van der Waals surface area (Å²) in [4.78, 5) is 12.8. The average molecular weight is 435 g/mol. The highest BCUT2D eigenvalue weighted by atomic mass is 79.9. The maximum atomic E-state index is 12.8. The highest BCUT2D eigenvalue weighted by Gasteiger charge is 2.60. The molecule has 1 fully saturated rings. The van der Waals surface area contributed by atoms with Gasteiger partial charge in [0.15, 0.2) is 0 Å². The smallest absolute Gasteiger partial charge is 0.244 e. The molecule has 0 saturated heterocycles. The number of nitrogens with zero attached hydrogens (tertiary/aromatic N) is 1. The number of carbonyl (C=O) groups excluding carboxylic acids is 1. The molecule has 1 aliphatic carbocycles. The van der Waals surface area contributed by atoms with Crippen molar-refractivity contribution in [1.82, 2.24) is 5.43 Å². The molecule has 0 aliphatic heterocycles. The lowest BCUT2D eigenvalue weighted by Crippen LogP contribution is -2.25. The molecule has 0 spiro atoms. The summed E-state index contributed by atoms with van der Waals surface area (Å²) < 4.78 is 0.826. The van der Waals surface area contributed by atoms with E-state index in [4.69, 9.17) is 0 Å². The molecule has 2 N–H and O–H groups in total. The standard InChI is InChI=1S/C23H19BrN2O2/c24-19-11-12-21(27)16(13-19)15-25-26-22(28)20-14-23(20,17-7-3-1-4-8-17)18-9-5-2-6-10-18/h1-13,15,20,27H,14H2,(H,26,28)/b25-15-/t20-/m0/s1. The molecule has 140 valence electrons. The number of hydrogen-bond donors (Lipinski definition) is 2. The Morgan fingerprint density at radius 1 is 1.04 bits per heavy atom. The van der Waals surface area contributed by atoms with Gasteiger partial charge in [-0.05, 0) is 35.7 Å². The molecule has 3 aromatic carbocycles. The second-order valence-corrected chi connectivity index (χ2v) is 7.81. The van der Waals surface area contributed by atoms with Gasteiger partial charge in [-0.1, -0.05) is 76.6 Å². The number of benzene rings is 3. The van der Waals surface area contributed by atoms with Crippen LogP contribution in [-0.4, -0.2) is 17.2 Å². The molecule has 1 aliphatic rings. The Morgan fingerprint density at radius 2 is 1.64 bits per heavy atom. The van der Waals surface area contributed by atoms with Crippen molar-refractivity contribution in [2.75, 3.05) is 0 Å². The quantitative estimate of drug-likeness (QED) is 0.454. The fraction of sp³-hybridized carbons (Fsp3) is 0.130. The molecular formula is C23H19BrN2O2. The summed E-state index contributed by atoms with van der Waals surface area (Å²) in [5, 5.41) is 13.9. The Kier molecular flexibility index (Phi) is 5.01. The van der Waals surface area contributed by atoms with Gasteiger partial charge in [0.25, 0.3) is 0 Å². The van der Waals surface area contributed by atoms with Gasteiger partial charge in [-0.3, -0.25) is 4.79 Å². The summed E-state index contributed by atoms with van der Waals surface area (Å²) in [6, 6.07) is 25.3. The van der Waals surface area contributed by atoms with Gasteiger partial charge in [0.2, 0.25) is 5.91 Å². The van der Waals surface area contributed by atoms with Gasteiger partial charge < -0.3 is 5.11 Å². The molecule has 1 atom stereocenters. The van der Waals surface area contributed by atoms with Crippen LogP contribution in [0.1, 0.15) is 23.1 Å². The first-order chi connectivity index (χ1) is 13.6. The SMILES string of the molecule is O=C(N/N=C\c1cc(Br)ccc1O)[C@@H]1CC1(c1ccccc1)c1ccccc1. The Morgan fingerprint density at radius 3 is 2.25 bits per heavy atom. The Balaban J connectivity index is 1.55. The minimum Gasteiger partial charge on any atom is -0.507 e. The van der Waals surface area contributed by atoms with Gasteiger partial charge in [-0.15, -0.1) is 0 Å². The van der Waals surface area contributed by atoms with Gasteiger partial charge in [0, 0.05) is 15.5 Å². The number of hydrazone groups is 1. The first-order valence-electron chi connectivity index (χ1n) is 9.04. The second-order valence-electron chi connectivity index (χ2n) is 6.90. The van der Waals surface area contributed by atoms with Crippen molar-refractivity contribution in [3.05, 3.63) is 100 Å². The van der Waals surface area contributed by atoms with Gasteiger partial charge in [-0.25, -0.2) is 5.43 Å². The molecule has 28 heavy (non-hydrogen) atoms. The third-order valence-electron chi connectivity index (χ3n) is 5.22. The second kappa shape index (κ2) is 7.60. The Bertz CT molecular complexity index is 980. The number of nitrogens with one attached hydrogen (secondary N) is 1. The van der Waals surface area contributed by atoms with Crippen molar-refractivity contribution in [3.8, 4) is 5.75 Å². The molecule has 1 saturated carbocycles. The van der Waals surface area contributed by atoms with Gasteiger partial charge in [0.05, 0.1) is 12.1 Å². The maximum absolute atomic E-state index is 12.8. The van der Waals surface area contributed by atoms with Crippen molar-refractivity contribution in [1.29, 1.82) is 0 Å². The number of carbonyl (C=O) groups is 1. The van der Waals surface area contributed by atoms with E-state index in [1.54, 1.807) is 18.2 Å². The van der Waals surface area contributed by atoms with Crippen molar-refractivity contribution >= 4 is 28.1 Å². The zero-order chi connectivity index (χ0) is 19.6. The monoisotopic (exact) mass is 434 g/mol. The van der Waals surface area contributed by atoms with Gasteiger partial charge >= 0.3 is 0 Å². The van der Waals surface area contributed by atoms with Crippen LogP contribution in [0.15, 0.2) is 88.4 Å². The zero-order valence-electron chi connectivity index (χ0n) is 15.0. The van der Waals surface area contributed by atoms with Crippen molar-refractivity contribution in [2.24, 2.45) is 11.0 Å². The van der Waals surface area contributed by atoms with Crippen LogP contribution in [0.3, 0.4) is 0 Å². The molecule has 5 heteroatoms. The molecule has 4 rings (SSSR count). The van der Waals surface area contributed by atoms with E-state index in [-0.39, 0.29) is 23.0 Å². The maximum Gasteiger partial charge on any atom is 0.244 e. The first-order valence-corrected chi connectivity index (χ1v) is 9.83. The zero-order valence-corrected chi connectivity index (χ0v) is 16.6. The Hall–Kier alpha value is -2.92. The van der Waals surface area contributed by atoms with Crippen LogP contribution in [0.25, 0.3) is 0 Å². The number of hydrogen-bond acceptors (Lipinski definition) is 3. The normalized spacial score (nSPS) is 17.4. The lowest BCUT2D eigenvalue weighted by molar-refractivity contribution is -0.122. The number of amides is 1. The fourth-order valence-electron chi connectivity index (χ4n) is 3.73. The topological polar surface area (TPSA) is 61.7 Å². The first kappa shape index (κ1) is 18.4. The number of aromatic hydroxyl groups is 1. The molecule has 0 radical (unpaired) electrons. The predicted octanol–water partition coefficient (Wildman–Crippen LogP) is 4.61. The van der Waals surface area contributed by atoms with Crippen LogP contribution in [0.2, 0.25) is 0 Å². The van der Waals surface area contributed by atoms with E-state index in [2.05, 4.69) is 50.7 Å². The molecule has 0 aromatic heterocycles. The summed E-state index contributed by atoms with van der Waals surface area (Å²) in [5.41, 5.74) is 5.12. The van der Waals surface area contributed by atoms with E-state index in [0.717, 1.165) is 22.0 Å². The largest absolute Gasteiger partial charge is 0.507 e. The van der Waals surface area contributed by atoms with E-state index in [1.165, 1.54) is 6.21 Å².